The molecule has 0 bridgehead atoms. The lowest BCUT2D eigenvalue weighted by atomic mass is 10.2. The molecule has 2 heterocycles. The average molecular weight is 361 g/mol. The van der Waals surface area contributed by atoms with Crippen LogP contribution in [0.4, 0.5) is 4.79 Å². The van der Waals surface area contributed by atoms with E-state index < -0.39 is 6.04 Å². The summed E-state index contributed by atoms with van der Waals surface area (Å²) in [7, 11) is 0. The number of hydrogen-bond donors (Lipinski definition) is 0. The number of urea groups is 1. The van der Waals surface area contributed by atoms with Gasteiger partial charge in [0.2, 0.25) is 0 Å². The van der Waals surface area contributed by atoms with E-state index in [0.29, 0.717) is 12.4 Å². The van der Waals surface area contributed by atoms with E-state index in [4.69, 9.17) is 0 Å². The molecule has 7 heteroatoms. The van der Waals surface area contributed by atoms with Gasteiger partial charge in [-0.2, -0.15) is 5.10 Å². The molecule has 27 heavy (non-hydrogen) atoms. The van der Waals surface area contributed by atoms with Crippen LogP contribution in [0.3, 0.4) is 0 Å². The van der Waals surface area contributed by atoms with Crippen LogP contribution in [0, 0.1) is 0 Å². The number of amides is 3. The first-order valence-corrected chi connectivity index (χ1v) is 8.75. The Bertz CT molecular complexity index is 955. The van der Waals surface area contributed by atoms with Crippen LogP contribution >= 0.6 is 0 Å². The highest BCUT2D eigenvalue weighted by Gasteiger charge is 2.42. The number of para-hydroxylation sites is 1. The maximum atomic E-state index is 12.9. The Morgan fingerprint density at radius 1 is 0.926 bits per heavy atom. The Balaban J connectivity index is 1.56. The normalized spacial score (nSPS) is 17.0. The Morgan fingerprint density at radius 2 is 1.59 bits per heavy atom. The second-order valence-electron chi connectivity index (χ2n) is 6.42. The summed E-state index contributed by atoms with van der Waals surface area (Å²) in [5.41, 5.74) is 1.82. The molecule has 1 unspecified atom stereocenters. The molecule has 1 aliphatic rings. The molecule has 0 saturated carbocycles. The average Bonchev–Trinajstić information content (AvgIpc) is 3.25. The molecule has 1 aromatic heterocycles. The largest absolute Gasteiger partial charge is 0.328 e. The van der Waals surface area contributed by atoms with Gasteiger partial charge in [-0.05, 0) is 24.6 Å². The minimum atomic E-state index is -0.509. The van der Waals surface area contributed by atoms with Gasteiger partial charge in [0.25, 0.3) is 5.91 Å². The molecule has 1 aliphatic heterocycles. The van der Waals surface area contributed by atoms with Crippen LogP contribution in [-0.4, -0.2) is 42.5 Å². The monoisotopic (exact) mass is 361 g/mol. The van der Waals surface area contributed by atoms with Gasteiger partial charge in [-0.15, -0.1) is 0 Å². The molecule has 0 aliphatic carbocycles. The van der Waals surface area contributed by atoms with Gasteiger partial charge in [-0.25, -0.2) is 14.5 Å². The fraction of sp³-hybridized carbons (Fsp3) is 0.200. The third kappa shape index (κ3) is 3.19. The number of aromatic nitrogens is 3. The number of rotatable bonds is 5. The lowest BCUT2D eigenvalue weighted by molar-refractivity contribution is -0.128. The van der Waals surface area contributed by atoms with Crippen molar-refractivity contribution in [3.63, 3.8) is 0 Å². The number of imide groups is 1. The summed E-state index contributed by atoms with van der Waals surface area (Å²) in [6, 6.07) is 18.3. The van der Waals surface area contributed by atoms with Crippen molar-refractivity contribution in [3.8, 4) is 5.69 Å². The minimum Gasteiger partial charge on any atom is -0.308 e. The van der Waals surface area contributed by atoms with Gasteiger partial charge in [0.05, 0.1) is 12.2 Å². The standard InChI is InChI=1S/C20H19N5O2/c1-15-19(26)24(20(27)23(15)12-16-8-4-2-5-9-16)13-18-21-14-22-25(18)17-10-6-3-7-11-17/h2-11,14-15H,12-13H2,1H3. The number of nitrogens with zero attached hydrogens (tertiary/aromatic N) is 5. The van der Waals surface area contributed by atoms with Crippen molar-refractivity contribution in [1.29, 1.82) is 0 Å². The third-order valence-corrected chi connectivity index (χ3v) is 4.68. The first-order chi connectivity index (χ1) is 13.1. The lowest BCUT2D eigenvalue weighted by Gasteiger charge is -2.19. The van der Waals surface area contributed by atoms with Crippen molar-refractivity contribution in [1.82, 2.24) is 24.6 Å². The molecule has 1 atom stereocenters. The summed E-state index contributed by atoms with van der Waals surface area (Å²) in [6.45, 7) is 2.24. The van der Waals surface area contributed by atoms with Crippen LogP contribution in [0.1, 0.15) is 18.3 Å². The predicted octanol–water partition coefficient (Wildman–Crippen LogP) is 2.62. The van der Waals surface area contributed by atoms with Gasteiger partial charge in [0.1, 0.15) is 12.4 Å². The molecular formula is C20H19N5O2. The minimum absolute atomic E-state index is 0.0855. The molecule has 7 nitrogen and oxygen atoms in total. The number of benzene rings is 2. The molecule has 0 spiro atoms. The number of hydrogen-bond acceptors (Lipinski definition) is 4. The van der Waals surface area contributed by atoms with E-state index in [2.05, 4.69) is 10.1 Å². The zero-order chi connectivity index (χ0) is 18.8. The van der Waals surface area contributed by atoms with Crippen molar-refractivity contribution in [2.75, 3.05) is 0 Å². The van der Waals surface area contributed by atoms with Crippen molar-refractivity contribution in [2.45, 2.75) is 26.1 Å². The van der Waals surface area contributed by atoms with E-state index in [9.17, 15) is 9.59 Å². The summed E-state index contributed by atoms with van der Waals surface area (Å²) < 4.78 is 1.64. The number of carbonyl (C=O) groups excluding carboxylic acids is 2. The molecular weight excluding hydrogens is 342 g/mol. The molecule has 1 fully saturated rings. The third-order valence-electron chi connectivity index (χ3n) is 4.68. The van der Waals surface area contributed by atoms with Gasteiger partial charge in [0.15, 0.2) is 5.82 Å². The van der Waals surface area contributed by atoms with E-state index in [1.54, 1.807) is 16.5 Å². The smallest absolute Gasteiger partial charge is 0.308 e. The Labute approximate surface area is 156 Å². The fourth-order valence-corrected chi connectivity index (χ4v) is 3.20. The molecule has 3 aromatic rings. The fourth-order valence-electron chi connectivity index (χ4n) is 3.20. The summed E-state index contributed by atoms with van der Waals surface area (Å²) in [4.78, 5) is 32.7. The zero-order valence-corrected chi connectivity index (χ0v) is 14.9. The molecule has 2 aromatic carbocycles. The summed E-state index contributed by atoms with van der Waals surface area (Å²) in [5, 5.41) is 4.23. The first-order valence-electron chi connectivity index (χ1n) is 8.75. The van der Waals surface area contributed by atoms with Crippen LogP contribution < -0.4 is 0 Å². The van der Waals surface area contributed by atoms with Gasteiger partial charge >= 0.3 is 6.03 Å². The quantitative estimate of drug-likeness (QED) is 0.655. The number of carbonyl (C=O) groups is 2. The van der Waals surface area contributed by atoms with Crippen LogP contribution in [0.5, 0.6) is 0 Å². The molecule has 136 valence electrons. The molecule has 1 saturated heterocycles. The highest BCUT2D eigenvalue weighted by Crippen LogP contribution is 2.22. The zero-order valence-electron chi connectivity index (χ0n) is 14.9. The second-order valence-corrected chi connectivity index (χ2v) is 6.42. The maximum absolute atomic E-state index is 12.9. The van der Waals surface area contributed by atoms with Crippen LogP contribution in [0.2, 0.25) is 0 Å². The van der Waals surface area contributed by atoms with E-state index in [-0.39, 0.29) is 18.5 Å². The topological polar surface area (TPSA) is 71.3 Å². The van der Waals surface area contributed by atoms with Gasteiger partial charge in [-0.1, -0.05) is 48.5 Å². The summed E-state index contributed by atoms with van der Waals surface area (Å²) in [6.07, 6.45) is 1.43. The Kier molecular flexibility index (Phi) is 4.42. The maximum Gasteiger partial charge on any atom is 0.328 e. The predicted molar refractivity (Wildman–Crippen MR) is 98.8 cm³/mol. The first kappa shape index (κ1) is 17.0. The van der Waals surface area contributed by atoms with Crippen LogP contribution in [0.25, 0.3) is 5.69 Å². The van der Waals surface area contributed by atoms with Crippen molar-refractivity contribution < 1.29 is 9.59 Å². The molecule has 0 N–H and O–H groups in total. The highest BCUT2D eigenvalue weighted by molar-refractivity contribution is 6.03. The van der Waals surface area contributed by atoms with E-state index >= 15 is 0 Å². The summed E-state index contributed by atoms with van der Waals surface area (Å²) >= 11 is 0. The van der Waals surface area contributed by atoms with Gasteiger partial charge in [-0.3, -0.25) is 9.69 Å². The van der Waals surface area contributed by atoms with Crippen LogP contribution in [-0.2, 0) is 17.9 Å². The van der Waals surface area contributed by atoms with Crippen molar-refractivity contribution in [3.05, 3.63) is 78.4 Å². The van der Waals surface area contributed by atoms with E-state index in [1.165, 1.54) is 11.2 Å². The van der Waals surface area contributed by atoms with Crippen molar-refractivity contribution in [2.24, 2.45) is 0 Å². The lowest BCUT2D eigenvalue weighted by Crippen LogP contribution is -2.33. The highest BCUT2D eigenvalue weighted by atomic mass is 16.2. The molecule has 0 radical (unpaired) electrons. The van der Waals surface area contributed by atoms with E-state index in [0.717, 1.165) is 11.3 Å². The second kappa shape index (κ2) is 7.03. The molecule has 4 rings (SSSR count). The van der Waals surface area contributed by atoms with Crippen LogP contribution in [0.15, 0.2) is 67.0 Å². The van der Waals surface area contributed by atoms with Gasteiger partial charge < -0.3 is 4.90 Å². The van der Waals surface area contributed by atoms with Gasteiger partial charge in [0, 0.05) is 6.54 Å². The Morgan fingerprint density at radius 3 is 2.30 bits per heavy atom. The van der Waals surface area contributed by atoms with Crippen molar-refractivity contribution >= 4 is 11.9 Å². The summed E-state index contributed by atoms with van der Waals surface area (Å²) in [5.74, 6) is 0.315. The van der Waals surface area contributed by atoms with E-state index in [1.807, 2.05) is 60.7 Å². The Hall–Kier alpha value is -3.48. The SMILES string of the molecule is CC1C(=O)N(Cc2ncnn2-c2ccccc2)C(=O)N1Cc1ccccc1. The molecule has 3 amide bonds.